The molecule has 0 saturated carbocycles. The van der Waals surface area contributed by atoms with Crippen molar-refractivity contribution in [3.63, 3.8) is 0 Å². The lowest BCUT2D eigenvalue weighted by Gasteiger charge is -2.25. The molecule has 4 aromatic carbocycles. The summed E-state index contributed by atoms with van der Waals surface area (Å²) in [6, 6.07) is 39.8. The first-order valence-electron chi connectivity index (χ1n) is 18.1. The van der Waals surface area contributed by atoms with Gasteiger partial charge in [0.05, 0.1) is 11.0 Å². The molecule has 0 fully saturated rings. The summed E-state index contributed by atoms with van der Waals surface area (Å²) in [5.74, 6) is 2.68. The van der Waals surface area contributed by atoms with E-state index in [0.717, 1.165) is 85.4 Å². The Labute approximate surface area is 316 Å². The number of hydrogen-bond acceptors (Lipinski definition) is 7. The summed E-state index contributed by atoms with van der Waals surface area (Å²) in [7, 11) is -4.74. The summed E-state index contributed by atoms with van der Waals surface area (Å²) >= 11 is 3.74. The van der Waals surface area contributed by atoms with Crippen molar-refractivity contribution in [2.75, 3.05) is 42.6 Å². The van der Waals surface area contributed by atoms with Gasteiger partial charge in [-0.2, -0.15) is 0 Å². The molecule has 0 bridgehead atoms. The van der Waals surface area contributed by atoms with Crippen LogP contribution in [-0.4, -0.2) is 50.7 Å². The maximum atomic E-state index is 12.6. The first-order chi connectivity index (χ1) is 25.4. The molecule has 0 aromatic heterocycles. The second-order valence-corrected chi connectivity index (χ2v) is 16.5. The normalized spacial score (nSPS) is 12.4. The summed E-state index contributed by atoms with van der Waals surface area (Å²) in [6.07, 6.45) is 4.04. The molecule has 4 aromatic rings. The lowest BCUT2D eigenvalue weighted by molar-refractivity contribution is 0.463. The minimum atomic E-state index is -4.74. The average Bonchev–Trinajstić information content (AvgIpc) is 3.16. The fourth-order valence-electron chi connectivity index (χ4n) is 6.65. The molecule has 9 heteroatoms. The highest BCUT2D eigenvalue weighted by Gasteiger charge is 2.23. The minimum absolute atomic E-state index is 0.232. The Morgan fingerprint density at radius 3 is 2.04 bits per heavy atom. The molecular weight excluding hydrogens is 705 g/mol. The molecule has 270 valence electrons. The Morgan fingerprint density at radius 2 is 1.37 bits per heavy atom. The monoisotopic (exact) mass is 750 g/mol. The van der Waals surface area contributed by atoms with E-state index >= 15 is 0 Å². The molecule has 0 radical (unpaired) electrons. The van der Waals surface area contributed by atoms with E-state index in [1.54, 1.807) is 18.2 Å². The van der Waals surface area contributed by atoms with E-state index < -0.39 is 10.1 Å². The average molecular weight is 751 g/mol. The van der Waals surface area contributed by atoms with Gasteiger partial charge in [-0.05, 0) is 67.1 Å². The zero-order valence-corrected chi connectivity index (χ0v) is 32.3. The zero-order valence-electron chi connectivity index (χ0n) is 29.9. The van der Waals surface area contributed by atoms with Crippen LogP contribution in [0.3, 0.4) is 0 Å². The second kappa shape index (κ2) is 18.1. The van der Waals surface area contributed by atoms with Crippen LogP contribution in [-0.2, 0) is 10.1 Å². The molecule has 0 spiro atoms. The van der Waals surface area contributed by atoms with Gasteiger partial charge < -0.3 is 13.9 Å². The molecule has 1 heterocycles. The Hall–Kier alpha value is -4.02. The van der Waals surface area contributed by atoms with E-state index in [4.69, 9.17) is 4.42 Å². The molecule has 0 amide bonds. The Morgan fingerprint density at radius 1 is 0.692 bits per heavy atom. The van der Waals surface area contributed by atoms with Crippen LogP contribution in [0.25, 0.3) is 33.4 Å². The molecule has 2 aliphatic rings. The Kier molecular flexibility index (Phi) is 13.2. The van der Waals surface area contributed by atoms with Gasteiger partial charge >= 0.3 is 0 Å². The molecule has 0 N–H and O–H groups in total. The van der Waals surface area contributed by atoms with Crippen molar-refractivity contribution in [2.45, 2.75) is 54.2 Å². The number of benzene rings is 5. The van der Waals surface area contributed by atoms with Crippen molar-refractivity contribution >= 4 is 50.3 Å². The quantitative estimate of drug-likeness (QED) is 0.0302. The smallest absolute Gasteiger partial charge is 0.203 e. The van der Waals surface area contributed by atoms with Gasteiger partial charge in [0.2, 0.25) is 5.36 Å². The third-order valence-electron chi connectivity index (χ3n) is 9.00. The topological polar surface area (TPSA) is 76.6 Å². The maximum absolute atomic E-state index is 12.6. The van der Waals surface area contributed by atoms with E-state index in [9.17, 15) is 13.0 Å². The van der Waals surface area contributed by atoms with Crippen molar-refractivity contribution in [1.82, 2.24) is 4.58 Å². The summed E-state index contributed by atoms with van der Waals surface area (Å²) in [5.41, 5.74) is 3.54. The van der Waals surface area contributed by atoms with Gasteiger partial charge in [-0.1, -0.05) is 68.4 Å². The van der Waals surface area contributed by atoms with Crippen LogP contribution in [0.1, 0.15) is 39.5 Å². The van der Waals surface area contributed by atoms with E-state index in [1.165, 1.54) is 15.9 Å². The first-order valence-corrected chi connectivity index (χ1v) is 21.5. The molecular formula is C43H46N2O4S3. The highest BCUT2D eigenvalue weighted by Crippen LogP contribution is 2.43. The number of rotatable bonds is 17. The van der Waals surface area contributed by atoms with Crippen molar-refractivity contribution in [1.29, 1.82) is 0 Å². The van der Waals surface area contributed by atoms with Crippen molar-refractivity contribution in [2.24, 2.45) is 0 Å². The number of fused-ring (bicyclic) bond motifs is 2. The van der Waals surface area contributed by atoms with Crippen LogP contribution in [0, 0.1) is 0 Å². The van der Waals surface area contributed by atoms with Gasteiger partial charge in [0.15, 0.2) is 0 Å². The first kappa shape index (κ1) is 37.7. The van der Waals surface area contributed by atoms with Gasteiger partial charge in [0, 0.05) is 81.4 Å². The van der Waals surface area contributed by atoms with E-state index in [2.05, 4.69) is 96.1 Å². The van der Waals surface area contributed by atoms with Crippen LogP contribution in [0.4, 0.5) is 5.69 Å². The number of anilines is 1. The predicted octanol–water partition coefficient (Wildman–Crippen LogP) is 9.87. The highest BCUT2D eigenvalue weighted by molar-refractivity contribution is 7.99. The van der Waals surface area contributed by atoms with Crippen molar-refractivity contribution < 1.29 is 17.4 Å². The molecule has 52 heavy (non-hydrogen) atoms. The van der Waals surface area contributed by atoms with Crippen LogP contribution in [0.2, 0.25) is 0 Å². The number of thioether (sulfide) groups is 2. The highest BCUT2D eigenvalue weighted by atomic mass is 32.2. The fraction of sp³-hybridized carbons (Fsp3) is 0.279. The molecule has 6 rings (SSSR count). The van der Waals surface area contributed by atoms with Gasteiger partial charge in [-0.25, -0.2) is 13.0 Å². The molecule has 1 aliphatic heterocycles. The fourth-order valence-corrected chi connectivity index (χ4v) is 9.05. The summed E-state index contributed by atoms with van der Waals surface area (Å²) in [6.45, 7) is 7.97. The zero-order chi connectivity index (χ0) is 36.3. The van der Waals surface area contributed by atoms with Crippen molar-refractivity contribution in [3.8, 4) is 22.5 Å². The van der Waals surface area contributed by atoms with Crippen molar-refractivity contribution in [3.05, 3.63) is 127 Å². The summed E-state index contributed by atoms with van der Waals surface area (Å²) in [5, 5.41) is 1.82. The largest absolute Gasteiger partial charge is 0.744 e. The van der Waals surface area contributed by atoms with E-state index in [-0.39, 0.29) is 4.90 Å². The standard InChI is InChI=1S/C43H46N2O4S3/c1-3-25-44(27-13-29-50-35-15-7-5-8-16-35)33-21-23-37-40(31-33)49-41-32-34(45(26-4-2)28-14-30-51-36-17-9-6-10-18-36)22-24-38(41)43(37)39-19-11-12-20-42(39)52(46,47)48/h5-12,15-24,31-32H,3-4,13-14,25-30H2,1-2H3. The molecule has 6 nitrogen and oxygen atoms in total. The molecule has 1 aliphatic carbocycles. The van der Waals surface area contributed by atoms with Crippen LogP contribution < -0.4 is 14.8 Å². The Bertz CT molecular complexity index is 2220. The van der Waals surface area contributed by atoms with Gasteiger partial charge in [0.25, 0.3) is 0 Å². The van der Waals surface area contributed by atoms with Gasteiger partial charge in [0.1, 0.15) is 34.6 Å². The lowest BCUT2D eigenvalue weighted by Crippen LogP contribution is -2.32. The van der Waals surface area contributed by atoms with Crippen LogP contribution in [0.15, 0.2) is 140 Å². The second-order valence-electron chi connectivity index (χ2n) is 12.8. The maximum Gasteiger partial charge on any atom is 0.203 e. The van der Waals surface area contributed by atoms with E-state index in [1.807, 2.05) is 47.8 Å². The summed E-state index contributed by atoms with van der Waals surface area (Å²) in [4.78, 5) is 4.71. The van der Waals surface area contributed by atoms with E-state index in [0.29, 0.717) is 22.5 Å². The van der Waals surface area contributed by atoms with Crippen LogP contribution >= 0.6 is 23.5 Å². The molecule has 0 unspecified atom stereocenters. The Balaban J connectivity index is 1.40. The predicted molar refractivity (Wildman–Crippen MR) is 218 cm³/mol. The number of nitrogens with zero attached hydrogens (tertiary/aromatic N) is 2. The third-order valence-corrected chi connectivity index (χ3v) is 12.1. The molecule has 0 saturated heterocycles. The summed E-state index contributed by atoms with van der Waals surface area (Å²) < 4.78 is 46.8. The molecule has 0 atom stereocenters. The minimum Gasteiger partial charge on any atom is -0.744 e. The van der Waals surface area contributed by atoms with Crippen LogP contribution in [0.5, 0.6) is 0 Å². The van der Waals surface area contributed by atoms with Gasteiger partial charge in [-0.3, -0.25) is 0 Å². The number of hydrogen-bond donors (Lipinski definition) is 0. The van der Waals surface area contributed by atoms with Gasteiger partial charge in [-0.15, -0.1) is 23.5 Å². The third kappa shape index (κ3) is 9.50. The SMILES string of the molecule is CCCN(CCCSc1ccccc1)c1ccc2c(-c3ccccc3S(=O)(=O)[O-])c3ccc(=[N+](CCC)CCCSc4ccccc4)cc-3oc2c1. The lowest BCUT2D eigenvalue weighted by atomic mass is 9.93.